The molecule has 0 aliphatic carbocycles. The minimum Gasteiger partial charge on any atom is -0.507 e. The third-order valence-corrected chi connectivity index (χ3v) is 4.36. The van der Waals surface area contributed by atoms with Crippen molar-refractivity contribution in [1.82, 2.24) is 10.3 Å². The van der Waals surface area contributed by atoms with E-state index in [0.717, 1.165) is 16.6 Å². The third-order valence-electron chi connectivity index (χ3n) is 4.15. The molecule has 1 amide bonds. The number of aryl methyl sites for hydroxylation is 2. The van der Waals surface area contributed by atoms with E-state index in [0.29, 0.717) is 29.1 Å². The summed E-state index contributed by atoms with van der Waals surface area (Å²) < 4.78 is 5.89. The molecule has 0 aliphatic rings. The molecule has 1 aromatic heterocycles. The lowest BCUT2D eigenvalue weighted by molar-refractivity contribution is -0.120. The number of phenolic OH excluding ortho intramolecular Hbond substituents is 1. The molecule has 3 aromatic rings. The molecule has 0 bridgehead atoms. The van der Waals surface area contributed by atoms with Gasteiger partial charge in [-0.05, 0) is 67.4 Å². The van der Waals surface area contributed by atoms with E-state index in [1.165, 1.54) is 6.07 Å². The predicted molar refractivity (Wildman–Crippen MR) is 114 cm³/mol. The highest BCUT2D eigenvalue weighted by Crippen LogP contribution is 2.34. The summed E-state index contributed by atoms with van der Waals surface area (Å²) in [6, 6.07) is 8.84. The molecule has 2 aromatic carbocycles. The van der Waals surface area contributed by atoms with Crippen LogP contribution in [0.25, 0.3) is 22.6 Å². The van der Waals surface area contributed by atoms with E-state index < -0.39 is 0 Å². The molecule has 3 rings (SSSR count). The van der Waals surface area contributed by atoms with Crippen LogP contribution < -0.4 is 10.6 Å². The van der Waals surface area contributed by atoms with Crippen LogP contribution in [0.1, 0.15) is 31.4 Å². The van der Waals surface area contributed by atoms with Gasteiger partial charge in [0.05, 0.1) is 5.56 Å². The normalized spacial score (nSPS) is 11.0. The van der Waals surface area contributed by atoms with Crippen LogP contribution in [0.4, 0.5) is 5.69 Å². The summed E-state index contributed by atoms with van der Waals surface area (Å²) in [5.41, 5.74) is 4.55. The number of phenols is 1. The van der Waals surface area contributed by atoms with Gasteiger partial charge >= 0.3 is 0 Å². The zero-order valence-corrected chi connectivity index (χ0v) is 17.1. The van der Waals surface area contributed by atoms with Crippen molar-refractivity contribution in [3.63, 3.8) is 0 Å². The summed E-state index contributed by atoms with van der Waals surface area (Å²) in [5.74, 6) is 0.464. The predicted octanol–water partition coefficient (Wildman–Crippen LogP) is 4.68. The summed E-state index contributed by atoms with van der Waals surface area (Å²) in [7, 11) is 0. The van der Waals surface area contributed by atoms with Crippen molar-refractivity contribution >= 4 is 40.0 Å². The van der Waals surface area contributed by atoms with Crippen LogP contribution in [-0.4, -0.2) is 21.1 Å². The fourth-order valence-corrected chi connectivity index (χ4v) is 3.22. The molecule has 0 spiro atoms. The van der Waals surface area contributed by atoms with E-state index in [-0.39, 0.29) is 22.7 Å². The number of aromatic hydroxyl groups is 1. The zero-order chi connectivity index (χ0) is 20.4. The van der Waals surface area contributed by atoms with Crippen molar-refractivity contribution in [2.75, 3.05) is 5.32 Å². The topological polar surface area (TPSA) is 87.4 Å². The molecule has 7 heteroatoms. The number of benzene rings is 2. The molecule has 0 radical (unpaired) electrons. The molecule has 3 N–H and O–H groups in total. The Morgan fingerprint density at radius 3 is 2.71 bits per heavy atom. The number of hydrogen-bond donors (Lipinski definition) is 3. The number of oxazole rings is 1. The first-order chi connectivity index (χ1) is 13.2. The molecule has 1 heterocycles. The van der Waals surface area contributed by atoms with Gasteiger partial charge in [-0.3, -0.25) is 4.79 Å². The van der Waals surface area contributed by atoms with Gasteiger partial charge in [0.1, 0.15) is 11.3 Å². The van der Waals surface area contributed by atoms with Crippen molar-refractivity contribution in [3.05, 3.63) is 41.5 Å². The molecule has 0 saturated carbocycles. The van der Waals surface area contributed by atoms with Crippen LogP contribution in [0.5, 0.6) is 5.75 Å². The number of carbonyl (C=O) groups excluding carboxylic acids is 1. The Hall–Kier alpha value is -2.93. The second-order valence-electron chi connectivity index (χ2n) is 7.28. The first-order valence-electron chi connectivity index (χ1n) is 9.05. The number of aromatic nitrogens is 1. The number of thiocarbonyl (C=S) groups is 1. The molecule has 0 fully saturated rings. The Kier molecular flexibility index (Phi) is 5.65. The van der Waals surface area contributed by atoms with Crippen molar-refractivity contribution < 1.29 is 14.3 Å². The van der Waals surface area contributed by atoms with Crippen LogP contribution in [0, 0.1) is 19.8 Å². The molecule has 0 atom stereocenters. The van der Waals surface area contributed by atoms with Gasteiger partial charge in [-0.15, -0.1) is 0 Å². The van der Waals surface area contributed by atoms with E-state index in [9.17, 15) is 9.90 Å². The Morgan fingerprint density at radius 1 is 1.25 bits per heavy atom. The number of carbonyl (C=O) groups is 1. The van der Waals surface area contributed by atoms with Gasteiger partial charge in [-0.1, -0.05) is 19.9 Å². The van der Waals surface area contributed by atoms with Crippen molar-refractivity contribution in [2.45, 2.75) is 34.1 Å². The van der Waals surface area contributed by atoms with Crippen LogP contribution in [-0.2, 0) is 4.79 Å². The standard InChI is InChI=1S/C21H23N3O3S/c1-11(2)7-18(26)24-21(28)22-14-5-6-17(25)15(10-14)20-23-16-9-12(3)8-13(4)19(16)27-20/h5-6,8-11,25H,7H2,1-4H3,(H2,22,24,26,28). The molecular weight excluding hydrogens is 374 g/mol. The number of fused-ring (bicyclic) bond motifs is 1. The quantitative estimate of drug-likeness (QED) is 0.438. The van der Waals surface area contributed by atoms with Gasteiger partial charge in [0.2, 0.25) is 11.8 Å². The Balaban J connectivity index is 1.85. The lowest BCUT2D eigenvalue weighted by Crippen LogP contribution is -2.34. The summed E-state index contributed by atoms with van der Waals surface area (Å²) >= 11 is 5.20. The smallest absolute Gasteiger partial charge is 0.231 e. The first kappa shape index (κ1) is 19.8. The minimum atomic E-state index is -0.142. The maximum atomic E-state index is 11.9. The number of nitrogens with one attached hydrogen (secondary N) is 2. The first-order valence-corrected chi connectivity index (χ1v) is 9.45. The summed E-state index contributed by atoms with van der Waals surface area (Å²) in [6.45, 7) is 7.88. The van der Waals surface area contributed by atoms with Crippen LogP contribution in [0.15, 0.2) is 34.7 Å². The van der Waals surface area contributed by atoms with Crippen LogP contribution >= 0.6 is 12.2 Å². The Bertz CT molecular complexity index is 1060. The molecule has 0 saturated heterocycles. The van der Waals surface area contributed by atoms with Gasteiger partial charge in [0.15, 0.2) is 10.7 Å². The van der Waals surface area contributed by atoms with Crippen molar-refractivity contribution in [2.24, 2.45) is 5.92 Å². The Morgan fingerprint density at radius 2 is 2.00 bits per heavy atom. The van der Waals surface area contributed by atoms with Gasteiger partial charge in [0.25, 0.3) is 0 Å². The highest BCUT2D eigenvalue weighted by molar-refractivity contribution is 7.80. The van der Waals surface area contributed by atoms with E-state index >= 15 is 0 Å². The summed E-state index contributed by atoms with van der Waals surface area (Å²) in [5, 5.41) is 16.1. The maximum Gasteiger partial charge on any atom is 0.231 e. The summed E-state index contributed by atoms with van der Waals surface area (Å²) in [6.07, 6.45) is 0.393. The molecular formula is C21H23N3O3S. The van der Waals surface area contributed by atoms with Crippen molar-refractivity contribution in [1.29, 1.82) is 0 Å². The average molecular weight is 398 g/mol. The van der Waals surface area contributed by atoms with Gasteiger partial charge in [-0.25, -0.2) is 4.98 Å². The van der Waals surface area contributed by atoms with E-state index in [1.54, 1.807) is 12.1 Å². The number of anilines is 1. The van der Waals surface area contributed by atoms with E-state index in [2.05, 4.69) is 15.6 Å². The fourth-order valence-electron chi connectivity index (χ4n) is 2.99. The molecule has 28 heavy (non-hydrogen) atoms. The number of amides is 1. The minimum absolute atomic E-state index is 0.0428. The summed E-state index contributed by atoms with van der Waals surface area (Å²) in [4.78, 5) is 16.4. The number of nitrogens with zero attached hydrogens (tertiary/aromatic N) is 1. The van der Waals surface area contributed by atoms with E-state index in [1.807, 2.05) is 39.8 Å². The fraction of sp³-hybridized carbons (Fsp3) is 0.286. The largest absolute Gasteiger partial charge is 0.507 e. The lowest BCUT2D eigenvalue weighted by Gasteiger charge is -2.11. The Labute approximate surface area is 169 Å². The molecule has 0 unspecified atom stereocenters. The second-order valence-corrected chi connectivity index (χ2v) is 7.69. The lowest BCUT2D eigenvalue weighted by atomic mass is 10.1. The second kappa shape index (κ2) is 7.98. The number of hydrogen-bond acceptors (Lipinski definition) is 5. The van der Waals surface area contributed by atoms with Crippen LogP contribution in [0.2, 0.25) is 0 Å². The maximum absolute atomic E-state index is 11.9. The monoisotopic (exact) mass is 397 g/mol. The van der Waals surface area contributed by atoms with Gasteiger partial charge < -0.3 is 20.2 Å². The zero-order valence-electron chi connectivity index (χ0n) is 16.3. The molecule has 6 nitrogen and oxygen atoms in total. The number of rotatable bonds is 4. The van der Waals surface area contributed by atoms with Gasteiger partial charge in [-0.2, -0.15) is 0 Å². The SMILES string of the molecule is Cc1cc(C)c2oc(-c3cc(NC(=S)NC(=O)CC(C)C)ccc3O)nc2c1. The van der Waals surface area contributed by atoms with Crippen molar-refractivity contribution in [3.8, 4) is 17.2 Å². The van der Waals surface area contributed by atoms with Crippen LogP contribution in [0.3, 0.4) is 0 Å². The molecule has 0 aliphatic heterocycles. The molecule has 146 valence electrons. The highest BCUT2D eigenvalue weighted by atomic mass is 32.1. The van der Waals surface area contributed by atoms with Gasteiger partial charge in [0, 0.05) is 12.1 Å². The third kappa shape index (κ3) is 4.48. The average Bonchev–Trinajstić information content (AvgIpc) is 2.99. The highest BCUT2D eigenvalue weighted by Gasteiger charge is 2.15. The van der Waals surface area contributed by atoms with E-state index in [4.69, 9.17) is 16.6 Å².